The highest BCUT2D eigenvalue weighted by Gasteiger charge is 2.10. The number of hydrogen-bond donors (Lipinski definition) is 1. The van der Waals surface area contributed by atoms with Gasteiger partial charge in [0.15, 0.2) is 5.43 Å². The van der Waals surface area contributed by atoms with E-state index in [1.165, 1.54) is 6.07 Å². The number of aryl methyl sites for hydroxylation is 1. The third-order valence-electron chi connectivity index (χ3n) is 4.40. The molecule has 4 nitrogen and oxygen atoms in total. The standard InChI is InChI=1S/C23H16BrNO3/c1-14-5-10-21-19(11-14)20(26)13-22(28-21)15-6-8-16(9-7-15)23(27)25-18-4-2-3-17(24)12-18/h2-13H,1H3,(H,25,27). The largest absolute Gasteiger partial charge is 0.456 e. The maximum atomic E-state index is 12.4. The molecule has 138 valence electrons. The highest BCUT2D eigenvalue weighted by Crippen LogP contribution is 2.23. The fourth-order valence-electron chi connectivity index (χ4n) is 2.97. The van der Waals surface area contributed by atoms with Crippen LogP contribution in [0.4, 0.5) is 5.69 Å². The summed E-state index contributed by atoms with van der Waals surface area (Å²) in [7, 11) is 0. The van der Waals surface area contributed by atoms with Crippen LogP contribution in [0.5, 0.6) is 0 Å². The number of halogens is 1. The highest BCUT2D eigenvalue weighted by molar-refractivity contribution is 9.10. The van der Waals surface area contributed by atoms with Gasteiger partial charge in [0.25, 0.3) is 5.91 Å². The molecule has 0 unspecified atom stereocenters. The monoisotopic (exact) mass is 433 g/mol. The third-order valence-corrected chi connectivity index (χ3v) is 4.89. The lowest BCUT2D eigenvalue weighted by Crippen LogP contribution is -2.11. The van der Waals surface area contributed by atoms with Gasteiger partial charge in [-0.3, -0.25) is 9.59 Å². The van der Waals surface area contributed by atoms with E-state index in [9.17, 15) is 9.59 Å². The van der Waals surface area contributed by atoms with Crippen LogP contribution < -0.4 is 10.7 Å². The molecule has 0 bridgehead atoms. The Balaban J connectivity index is 1.61. The molecule has 0 aliphatic heterocycles. The third kappa shape index (κ3) is 3.75. The van der Waals surface area contributed by atoms with Gasteiger partial charge in [-0.15, -0.1) is 0 Å². The number of carbonyl (C=O) groups is 1. The molecule has 0 saturated carbocycles. The summed E-state index contributed by atoms with van der Waals surface area (Å²) < 4.78 is 6.78. The van der Waals surface area contributed by atoms with Crippen LogP contribution in [0.3, 0.4) is 0 Å². The smallest absolute Gasteiger partial charge is 0.255 e. The van der Waals surface area contributed by atoms with E-state index in [-0.39, 0.29) is 11.3 Å². The molecule has 1 heterocycles. The molecule has 0 spiro atoms. The van der Waals surface area contributed by atoms with Crippen molar-refractivity contribution >= 4 is 38.5 Å². The van der Waals surface area contributed by atoms with Gasteiger partial charge in [-0.1, -0.05) is 45.8 Å². The van der Waals surface area contributed by atoms with E-state index in [1.807, 2.05) is 43.3 Å². The zero-order valence-electron chi connectivity index (χ0n) is 15.0. The van der Waals surface area contributed by atoms with E-state index in [1.54, 1.807) is 30.3 Å². The van der Waals surface area contributed by atoms with Crippen molar-refractivity contribution in [3.63, 3.8) is 0 Å². The number of benzene rings is 3. The molecular formula is C23H16BrNO3. The summed E-state index contributed by atoms with van der Waals surface area (Å²) >= 11 is 3.38. The molecule has 1 aromatic heterocycles. The Hall–Kier alpha value is -3.18. The number of anilines is 1. The van der Waals surface area contributed by atoms with Crippen molar-refractivity contribution < 1.29 is 9.21 Å². The minimum atomic E-state index is -0.208. The lowest BCUT2D eigenvalue weighted by atomic mass is 10.1. The quantitative estimate of drug-likeness (QED) is 0.445. The molecule has 0 aliphatic carbocycles. The van der Waals surface area contributed by atoms with Crippen molar-refractivity contribution in [3.05, 3.63) is 98.6 Å². The summed E-state index contributed by atoms with van der Waals surface area (Å²) in [6.07, 6.45) is 0. The van der Waals surface area contributed by atoms with Gasteiger partial charge in [-0.25, -0.2) is 0 Å². The van der Waals surface area contributed by atoms with Crippen molar-refractivity contribution in [2.45, 2.75) is 6.92 Å². The molecule has 0 saturated heterocycles. The zero-order valence-corrected chi connectivity index (χ0v) is 16.6. The lowest BCUT2D eigenvalue weighted by Gasteiger charge is -2.07. The predicted octanol–water partition coefficient (Wildman–Crippen LogP) is 5.78. The summed E-state index contributed by atoms with van der Waals surface area (Å²) in [5, 5.41) is 3.42. The van der Waals surface area contributed by atoms with Crippen molar-refractivity contribution in [2.75, 3.05) is 5.32 Å². The first-order valence-electron chi connectivity index (χ1n) is 8.71. The van der Waals surface area contributed by atoms with Gasteiger partial charge in [0, 0.05) is 27.4 Å². The number of rotatable bonds is 3. The Bertz CT molecular complexity index is 1240. The fourth-order valence-corrected chi connectivity index (χ4v) is 3.37. The molecule has 4 rings (SSSR count). The van der Waals surface area contributed by atoms with E-state index in [4.69, 9.17) is 4.42 Å². The van der Waals surface area contributed by atoms with E-state index in [2.05, 4.69) is 21.2 Å². The molecule has 0 aliphatic rings. The first-order chi connectivity index (χ1) is 13.5. The number of hydrogen-bond acceptors (Lipinski definition) is 3. The Morgan fingerprint density at radius 3 is 2.50 bits per heavy atom. The van der Waals surface area contributed by atoms with Gasteiger partial charge in [-0.2, -0.15) is 0 Å². The molecule has 4 aromatic rings. The van der Waals surface area contributed by atoms with Crippen LogP contribution in [0.15, 0.2) is 86.5 Å². The first-order valence-corrected chi connectivity index (χ1v) is 9.51. The van der Waals surface area contributed by atoms with Crippen LogP contribution in [-0.2, 0) is 0 Å². The van der Waals surface area contributed by atoms with Crippen LogP contribution in [0.25, 0.3) is 22.3 Å². The SMILES string of the molecule is Cc1ccc2oc(-c3ccc(C(=O)Nc4cccc(Br)c4)cc3)cc(=O)c2c1. The summed E-state index contributed by atoms with van der Waals surface area (Å²) in [6.45, 7) is 1.94. The van der Waals surface area contributed by atoms with Crippen molar-refractivity contribution in [1.29, 1.82) is 0 Å². The Labute approximate surface area is 170 Å². The lowest BCUT2D eigenvalue weighted by molar-refractivity contribution is 0.102. The average Bonchev–Trinajstić information content (AvgIpc) is 2.68. The second kappa shape index (κ2) is 7.44. The summed E-state index contributed by atoms with van der Waals surface area (Å²) in [5.41, 5.74) is 3.43. The van der Waals surface area contributed by atoms with Gasteiger partial charge in [0.2, 0.25) is 0 Å². The molecule has 0 fully saturated rings. The Morgan fingerprint density at radius 1 is 0.964 bits per heavy atom. The number of nitrogens with one attached hydrogen (secondary N) is 1. The molecule has 3 aromatic carbocycles. The van der Waals surface area contributed by atoms with Gasteiger partial charge in [0.1, 0.15) is 11.3 Å². The molecule has 0 radical (unpaired) electrons. The second-order valence-corrected chi connectivity index (χ2v) is 7.43. The predicted molar refractivity (Wildman–Crippen MR) is 115 cm³/mol. The van der Waals surface area contributed by atoms with Crippen molar-refractivity contribution in [1.82, 2.24) is 0 Å². The minimum absolute atomic E-state index is 0.0866. The van der Waals surface area contributed by atoms with Crippen LogP contribution in [0.2, 0.25) is 0 Å². The van der Waals surface area contributed by atoms with Crippen LogP contribution in [-0.4, -0.2) is 5.91 Å². The molecular weight excluding hydrogens is 418 g/mol. The number of amides is 1. The average molecular weight is 434 g/mol. The van der Waals surface area contributed by atoms with Crippen LogP contribution in [0.1, 0.15) is 15.9 Å². The normalized spacial score (nSPS) is 10.8. The number of fused-ring (bicyclic) bond motifs is 1. The Morgan fingerprint density at radius 2 is 1.75 bits per heavy atom. The van der Waals surface area contributed by atoms with E-state index >= 15 is 0 Å². The van der Waals surface area contributed by atoms with Crippen molar-refractivity contribution in [2.24, 2.45) is 0 Å². The first kappa shape index (κ1) is 18.2. The second-order valence-electron chi connectivity index (χ2n) is 6.52. The Kier molecular flexibility index (Phi) is 4.84. The zero-order chi connectivity index (χ0) is 19.7. The summed E-state index contributed by atoms with van der Waals surface area (Å²) in [4.78, 5) is 24.8. The van der Waals surface area contributed by atoms with Gasteiger partial charge in [-0.05, 0) is 49.4 Å². The van der Waals surface area contributed by atoms with Crippen LogP contribution >= 0.6 is 15.9 Å². The van der Waals surface area contributed by atoms with Gasteiger partial charge in [0.05, 0.1) is 5.39 Å². The van der Waals surface area contributed by atoms with E-state index in [0.717, 1.165) is 15.6 Å². The van der Waals surface area contributed by atoms with Crippen LogP contribution in [0, 0.1) is 6.92 Å². The van der Waals surface area contributed by atoms with E-state index in [0.29, 0.717) is 28.0 Å². The fraction of sp³-hybridized carbons (Fsp3) is 0.0435. The molecule has 28 heavy (non-hydrogen) atoms. The van der Waals surface area contributed by atoms with E-state index < -0.39 is 0 Å². The molecule has 1 N–H and O–H groups in total. The summed E-state index contributed by atoms with van der Waals surface area (Å²) in [5.74, 6) is 0.264. The van der Waals surface area contributed by atoms with Gasteiger partial charge < -0.3 is 9.73 Å². The summed E-state index contributed by atoms with van der Waals surface area (Å²) in [6, 6.07) is 21.4. The maximum Gasteiger partial charge on any atom is 0.255 e. The maximum absolute atomic E-state index is 12.4. The highest BCUT2D eigenvalue weighted by atomic mass is 79.9. The molecule has 5 heteroatoms. The van der Waals surface area contributed by atoms with Gasteiger partial charge >= 0.3 is 0 Å². The molecule has 1 amide bonds. The van der Waals surface area contributed by atoms with Crippen molar-refractivity contribution in [3.8, 4) is 11.3 Å². The topological polar surface area (TPSA) is 59.3 Å². The molecule has 0 atom stereocenters. The number of carbonyl (C=O) groups excluding carboxylic acids is 1. The minimum Gasteiger partial charge on any atom is -0.456 e.